The van der Waals surface area contributed by atoms with Gasteiger partial charge in [-0.15, -0.1) is 0 Å². The van der Waals surface area contributed by atoms with Crippen LogP contribution in [0.5, 0.6) is 5.75 Å². The lowest BCUT2D eigenvalue weighted by Crippen LogP contribution is -2.11. The molecule has 110 valence electrons. The first-order valence-electron chi connectivity index (χ1n) is 7.44. The van der Waals surface area contributed by atoms with Gasteiger partial charge in [0.15, 0.2) is 0 Å². The van der Waals surface area contributed by atoms with E-state index < -0.39 is 0 Å². The van der Waals surface area contributed by atoms with E-state index in [4.69, 9.17) is 0 Å². The summed E-state index contributed by atoms with van der Waals surface area (Å²) in [6, 6.07) is 14.7. The highest BCUT2D eigenvalue weighted by atomic mass is 16.3. The molecule has 0 radical (unpaired) electrons. The predicted molar refractivity (Wildman–Crippen MR) is 86.6 cm³/mol. The summed E-state index contributed by atoms with van der Waals surface area (Å²) in [4.78, 5) is 2.17. The Morgan fingerprint density at radius 2 is 2.00 bits per heavy atom. The Balaban J connectivity index is 1.78. The van der Waals surface area contributed by atoms with E-state index in [0.717, 1.165) is 30.6 Å². The molecular weight excluding hydrogens is 260 g/mol. The highest BCUT2D eigenvalue weighted by Gasteiger charge is 2.24. The number of aromatic hydroxyl groups is 1. The summed E-state index contributed by atoms with van der Waals surface area (Å²) in [5.41, 5.74) is 4.78. The molecule has 0 heterocycles. The second-order valence-corrected chi connectivity index (χ2v) is 6.02. The van der Waals surface area contributed by atoms with Gasteiger partial charge in [-0.05, 0) is 61.8 Å². The van der Waals surface area contributed by atoms with E-state index >= 15 is 0 Å². The van der Waals surface area contributed by atoms with Crippen LogP contribution in [0, 0.1) is 0 Å². The van der Waals surface area contributed by atoms with Crippen LogP contribution in [0.3, 0.4) is 0 Å². The van der Waals surface area contributed by atoms with Gasteiger partial charge in [0.2, 0.25) is 0 Å². The Hall–Kier alpha value is -2.00. The standard InChI is InChI=1S/C18H22N2O/c1-20(2)12-13-5-3-6-14(11-13)19-17-10-9-16-15(17)7-4-8-18(16)21/h3-8,11,17,19,21H,9-10,12H2,1-2H3. The number of nitrogens with zero attached hydrogens (tertiary/aromatic N) is 1. The number of hydrogen-bond donors (Lipinski definition) is 2. The maximum Gasteiger partial charge on any atom is 0.119 e. The number of phenolic OH excluding ortho intramolecular Hbond substituents is 1. The maximum atomic E-state index is 9.93. The van der Waals surface area contributed by atoms with Crippen molar-refractivity contribution in [1.29, 1.82) is 0 Å². The van der Waals surface area contributed by atoms with Crippen LogP contribution in [0.1, 0.15) is 29.2 Å². The van der Waals surface area contributed by atoms with Crippen molar-refractivity contribution in [1.82, 2.24) is 4.90 Å². The summed E-state index contributed by atoms with van der Waals surface area (Å²) in [5.74, 6) is 0.429. The van der Waals surface area contributed by atoms with Crippen LogP contribution in [0.2, 0.25) is 0 Å². The largest absolute Gasteiger partial charge is 0.508 e. The van der Waals surface area contributed by atoms with Crippen LogP contribution in [0.4, 0.5) is 5.69 Å². The molecule has 1 aliphatic rings. The lowest BCUT2D eigenvalue weighted by atomic mass is 10.1. The molecule has 0 fully saturated rings. The van der Waals surface area contributed by atoms with Crippen LogP contribution in [0.15, 0.2) is 42.5 Å². The molecular formula is C18H22N2O. The maximum absolute atomic E-state index is 9.93. The van der Waals surface area contributed by atoms with Crippen LogP contribution < -0.4 is 5.32 Å². The number of benzene rings is 2. The molecule has 0 aliphatic heterocycles. The molecule has 2 aromatic rings. The van der Waals surface area contributed by atoms with Crippen molar-refractivity contribution in [2.75, 3.05) is 19.4 Å². The van der Waals surface area contributed by atoms with Gasteiger partial charge in [-0.2, -0.15) is 0 Å². The molecule has 3 heteroatoms. The van der Waals surface area contributed by atoms with Crippen molar-refractivity contribution >= 4 is 5.69 Å². The monoisotopic (exact) mass is 282 g/mol. The van der Waals surface area contributed by atoms with Crippen molar-refractivity contribution in [3.05, 3.63) is 59.2 Å². The fourth-order valence-corrected chi connectivity index (χ4v) is 3.11. The van der Waals surface area contributed by atoms with Crippen LogP contribution in [-0.4, -0.2) is 24.1 Å². The Bertz CT molecular complexity index is 637. The molecule has 3 rings (SSSR count). The Morgan fingerprint density at radius 1 is 1.19 bits per heavy atom. The first-order valence-corrected chi connectivity index (χ1v) is 7.44. The quantitative estimate of drug-likeness (QED) is 0.900. The second kappa shape index (κ2) is 5.78. The van der Waals surface area contributed by atoms with Gasteiger partial charge >= 0.3 is 0 Å². The third-order valence-electron chi connectivity index (χ3n) is 4.01. The summed E-state index contributed by atoms with van der Waals surface area (Å²) >= 11 is 0. The van der Waals surface area contributed by atoms with Gasteiger partial charge in [-0.1, -0.05) is 24.3 Å². The first-order chi connectivity index (χ1) is 10.1. The van der Waals surface area contributed by atoms with E-state index in [1.807, 2.05) is 6.07 Å². The average molecular weight is 282 g/mol. The summed E-state index contributed by atoms with van der Waals surface area (Å²) < 4.78 is 0. The number of nitrogens with one attached hydrogen (secondary N) is 1. The predicted octanol–water partition coefficient (Wildman–Crippen LogP) is 3.55. The Labute approximate surface area is 126 Å². The molecule has 21 heavy (non-hydrogen) atoms. The molecule has 3 nitrogen and oxygen atoms in total. The van der Waals surface area contributed by atoms with Crippen molar-refractivity contribution in [2.45, 2.75) is 25.4 Å². The highest BCUT2D eigenvalue weighted by molar-refractivity contribution is 5.52. The van der Waals surface area contributed by atoms with E-state index in [1.165, 1.54) is 11.1 Å². The summed E-state index contributed by atoms with van der Waals surface area (Å²) in [6.45, 7) is 0.942. The lowest BCUT2D eigenvalue weighted by molar-refractivity contribution is 0.402. The van der Waals surface area contributed by atoms with Crippen molar-refractivity contribution in [3.8, 4) is 5.75 Å². The smallest absolute Gasteiger partial charge is 0.119 e. The number of hydrogen-bond acceptors (Lipinski definition) is 3. The molecule has 0 saturated heterocycles. The highest BCUT2D eigenvalue weighted by Crippen LogP contribution is 2.38. The number of anilines is 1. The van der Waals surface area contributed by atoms with Crippen molar-refractivity contribution in [3.63, 3.8) is 0 Å². The minimum Gasteiger partial charge on any atom is -0.508 e. The van der Waals surface area contributed by atoms with E-state index in [2.05, 4.69) is 54.6 Å². The van der Waals surface area contributed by atoms with Gasteiger partial charge in [0.1, 0.15) is 5.75 Å². The van der Waals surface area contributed by atoms with Gasteiger partial charge in [-0.25, -0.2) is 0 Å². The molecule has 0 spiro atoms. The van der Waals surface area contributed by atoms with Crippen LogP contribution in [-0.2, 0) is 13.0 Å². The summed E-state index contributed by atoms with van der Waals surface area (Å²) in [6.07, 6.45) is 1.97. The van der Waals surface area contributed by atoms with E-state index in [0.29, 0.717) is 11.8 Å². The molecule has 0 amide bonds. The normalized spacial score (nSPS) is 17.0. The molecule has 1 aliphatic carbocycles. The zero-order valence-electron chi connectivity index (χ0n) is 12.6. The molecule has 1 atom stereocenters. The molecule has 2 N–H and O–H groups in total. The molecule has 1 unspecified atom stereocenters. The van der Waals surface area contributed by atoms with Crippen molar-refractivity contribution < 1.29 is 5.11 Å². The number of rotatable bonds is 4. The second-order valence-electron chi connectivity index (χ2n) is 6.02. The lowest BCUT2D eigenvalue weighted by Gasteiger charge is -2.17. The average Bonchev–Trinajstić information content (AvgIpc) is 2.83. The van der Waals surface area contributed by atoms with E-state index in [-0.39, 0.29) is 0 Å². The van der Waals surface area contributed by atoms with Gasteiger partial charge in [0, 0.05) is 12.2 Å². The van der Waals surface area contributed by atoms with E-state index in [9.17, 15) is 5.11 Å². The topological polar surface area (TPSA) is 35.5 Å². The third-order valence-corrected chi connectivity index (χ3v) is 4.01. The van der Waals surface area contributed by atoms with E-state index in [1.54, 1.807) is 6.07 Å². The fourth-order valence-electron chi connectivity index (χ4n) is 3.11. The molecule has 0 aromatic heterocycles. The Kier molecular flexibility index (Phi) is 3.84. The summed E-state index contributed by atoms with van der Waals surface area (Å²) in [7, 11) is 4.16. The van der Waals surface area contributed by atoms with Gasteiger partial charge in [0.25, 0.3) is 0 Å². The SMILES string of the molecule is CN(C)Cc1cccc(NC2CCc3c(O)cccc32)c1. The first kappa shape index (κ1) is 14.0. The van der Waals surface area contributed by atoms with Gasteiger partial charge < -0.3 is 15.3 Å². The number of phenols is 1. The minimum atomic E-state index is 0.293. The number of fused-ring (bicyclic) bond motifs is 1. The fraction of sp³-hybridized carbons (Fsp3) is 0.333. The van der Waals surface area contributed by atoms with Crippen molar-refractivity contribution in [2.24, 2.45) is 0 Å². The Morgan fingerprint density at radius 3 is 2.81 bits per heavy atom. The molecule has 0 saturated carbocycles. The van der Waals surface area contributed by atoms with Crippen LogP contribution in [0.25, 0.3) is 0 Å². The van der Waals surface area contributed by atoms with Gasteiger partial charge in [0.05, 0.1) is 6.04 Å². The zero-order valence-corrected chi connectivity index (χ0v) is 12.6. The molecule has 0 bridgehead atoms. The zero-order chi connectivity index (χ0) is 14.8. The molecule has 2 aromatic carbocycles. The van der Waals surface area contributed by atoms with Gasteiger partial charge in [-0.3, -0.25) is 0 Å². The minimum absolute atomic E-state index is 0.293. The third kappa shape index (κ3) is 3.03. The summed E-state index contributed by atoms with van der Waals surface area (Å²) in [5, 5.41) is 13.5. The van der Waals surface area contributed by atoms with Crippen LogP contribution >= 0.6 is 0 Å².